The van der Waals surface area contributed by atoms with E-state index in [1.165, 1.54) is 6.20 Å². The largest absolute Gasteiger partial charge is 0.345 e. The summed E-state index contributed by atoms with van der Waals surface area (Å²) in [6, 6.07) is 7.48. The van der Waals surface area contributed by atoms with Gasteiger partial charge in [-0.2, -0.15) is 5.10 Å². The Kier molecular flexibility index (Phi) is 4.22. The Balaban J connectivity index is 2.16. The van der Waals surface area contributed by atoms with E-state index in [0.29, 0.717) is 10.6 Å². The number of benzene rings is 1. The summed E-state index contributed by atoms with van der Waals surface area (Å²) >= 11 is 5.98. The van der Waals surface area contributed by atoms with Crippen molar-refractivity contribution in [3.8, 4) is 0 Å². The van der Waals surface area contributed by atoms with Crippen molar-refractivity contribution in [2.45, 2.75) is 26.3 Å². The Morgan fingerprint density at radius 2 is 2.32 bits per heavy atom. The third-order valence-electron chi connectivity index (χ3n) is 3.04. The fourth-order valence-corrected chi connectivity index (χ4v) is 2.16. The molecular formula is C14H16ClN3O. The van der Waals surface area contributed by atoms with Gasteiger partial charge >= 0.3 is 0 Å². The van der Waals surface area contributed by atoms with Crippen LogP contribution >= 0.6 is 11.6 Å². The first-order valence-corrected chi connectivity index (χ1v) is 6.56. The molecule has 1 aromatic carbocycles. The maximum Gasteiger partial charge on any atom is 0.255 e. The highest BCUT2D eigenvalue weighted by Gasteiger charge is 2.16. The van der Waals surface area contributed by atoms with E-state index in [4.69, 9.17) is 11.6 Å². The smallest absolute Gasteiger partial charge is 0.255 e. The molecule has 1 amide bonds. The number of nitrogens with zero attached hydrogens (tertiary/aromatic N) is 1. The van der Waals surface area contributed by atoms with Gasteiger partial charge in [-0.1, -0.05) is 30.7 Å². The van der Waals surface area contributed by atoms with E-state index in [1.807, 2.05) is 38.1 Å². The molecule has 1 aromatic heterocycles. The summed E-state index contributed by atoms with van der Waals surface area (Å²) in [5.41, 5.74) is 2.34. The van der Waals surface area contributed by atoms with Crippen LogP contribution in [0.2, 0.25) is 5.02 Å². The molecule has 2 aromatic rings. The zero-order valence-electron chi connectivity index (χ0n) is 10.9. The predicted octanol–water partition coefficient (Wildman–Crippen LogP) is 3.25. The second-order valence-electron chi connectivity index (χ2n) is 4.40. The lowest BCUT2D eigenvalue weighted by atomic mass is 10.0. The third-order valence-corrected chi connectivity index (χ3v) is 3.27. The van der Waals surface area contributed by atoms with Crippen LogP contribution in [-0.4, -0.2) is 16.1 Å². The SMILES string of the molecule is CCC(NC(=O)c1cn[nH]c1C)c1cccc(Cl)c1. The summed E-state index contributed by atoms with van der Waals surface area (Å²) in [5.74, 6) is -0.127. The van der Waals surface area contributed by atoms with E-state index >= 15 is 0 Å². The Hall–Kier alpha value is -1.81. The maximum absolute atomic E-state index is 12.2. The molecule has 1 atom stereocenters. The molecule has 0 aliphatic carbocycles. The van der Waals surface area contributed by atoms with Crippen LogP contribution in [0.25, 0.3) is 0 Å². The van der Waals surface area contributed by atoms with Crippen LogP contribution in [0.1, 0.15) is 41.0 Å². The first-order valence-electron chi connectivity index (χ1n) is 6.18. The molecule has 0 aliphatic heterocycles. The van der Waals surface area contributed by atoms with Crippen molar-refractivity contribution in [2.24, 2.45) is 0 Å². The van der Waals surface area contributed by atoms with Gasteiger partial charge in [0.15, 0.2) is 0 Å². The average molecular weight is 278 g/mol. The first-order chi connectivity index (χ1) is 9.11. The second-order valence-corrected chi connectivity index (χ2v) is 4.83. The minimum absolute atomic E-state index is 0.0551. The lowest BCUT2D eigenvalue weighted by Gasteiger charge is -2.17. The van der Waals surface area contributed by atoms with Crippen molar-refractivity contribution >= 4 is 17.5 Å². The maximum atomic E-state index is 12.2. The molecule has 2 N–H and O–H groups in total. The van der Waals surface area contributed by atoms with Gasteiger partial charge in [0.2, 0.25) is 0 Å². The molecule has 19 heavy (non-hydrogen) atoms. The quantitative estimate of drug-likeness (QED) is 0.901. The summed E-state index contributed by atoms with van der Waals surface area (Å²) in [4.78, 5) is 12.2. The molecule has 100 valence electrons. The number of amides is 1. The highest BCUT2D eigenvalue weighted by Crippen LogP contribution is 2.21. The van der Waals surface area contributed by atoms with E-state index in [-0.39, 0.29) is 11.9 Å². The summed E-state index contributed by atoms with van der Waals surface area (Å²) < 4.78 is 0. The number of hydrogen-bond donors (Lipinski definition) is 2. The molecule has 0 saturated carbocycles. The van der Waals surface area contributed by atoms with Gasteiger partial charge in [-0.05, 0) is 31.0 Å². The number of aromatic nitrogens is 2. The highest BCUT2D eigenvalue weighted by molar-refractivity contribution is 6.30. The fraction of sp³-hybridized carbons (Fsp3) is 0.286. The fourth-order valence-electron chi connectivity index (χ4n) is 1.96. The number of H-pyrrole nitrogens is 1. The first kappa shape index (κ1) is 13.6. The average Bonchev–Trinajstić information content (AvgIpc) is 2.82. The topological polar surface area (TPSA) is 57.8 Å². The lowest BCUT2D eigenvalue weighted by molar-refractivity contribution is 0.0935. The van der Waals surface area contributed by atoms with Crippen LogP contribution in [0.15, 0.2) is 30.5 Å². The molecule has 0 saturated heterocycles. The van der Waals surface area contributed by atoms with Crippen LogP contribution in [0, 0.1) is 6.92 Å². The number of aryl methyl sites for hydroxylation is 1. The van der Waals surface area contributed by atoms with Gasteiger partial charge in [-0.3, -0.25) is 9.89 Å². The minimum Gasteiger partial charge on any atom is -0.345 e. The molecule has 1 unspecified atom stereocenters. The molecule has 0 spiro atoms. The zero-order chi connectivity index (χ0) is 13.8. The van der Waals surface area contributed by atoms with Crippen molar-refractivity contribution in [3.05, 3.63) is 52.3 Å². The number of halogens is 1. The van der Waals surface area contributed by atoms with E-state index in [1.54, 1.807) is 0 Å². The molecule has 0 fully saturated rings. The molecule has 0 bridgehead atoms. The van der Waals surface area contributed by atoms with Gasteiger partial charge in [0, 0.05) is 10.7 Å². The molecular weight excluding hydrogens is 262 g/mol. The van der Waals surface area contributed by atoms with E-state index in [9.17, 15) is 4.79 Å². The highest BCUT2D eigenvalue weighted by atomic mass is 35.5. The summed E-state index contributed by atoms with van der Waals surface area (Å²) in [6.45, 7) is 3.84. The van der Waals surface area contributed by atoms with E-state index in [0.717, 1.165) is 17.7 Å². The van der Waals surface area contributed by atoms with Crippen LogP contribution in [0.5, 0.6) is 0 Å². The summed E-state index contributed by atoms with van der Waals surface area (Å²) in [5, 5.41) is 10.3. The Morgan fingerprint density at radius 3 is 2.89 bits per heavy atom. The standard InChI is InChI=1S/C14H16ClN3O/c1-3-13(10-5-4-6-11(15)7-10)17-14(19)12-8-16-18-9(12)2/h4-8,13H,3H2,1-2H3,(H,16,18)(H,17,19). The Morgan fingerprint density at radius 1 is 1.53 bits per heavy atom. The number of nitrogens with one attached hydrogen (secondary N) is 2. The molecule has 0 radical (unpaired) electrons. The minimum atomic E-state index is -0.127. The normalized spacial score (nSPS) is 12.2. The summed E-state index contributed by atoms with van der Waals surface area (Å²) in [7, 11) is 0. The van der Waals surface area contributed by atoms with Gasteiger partial charge in [-0.15, -0.1) is 0 Å². The van der Waals surface area contributed by atoms with Crippen LogP contribution in [0.3, 0.4) is 0 Å². The number of aromatic amines is 1. The van der Waals surface area contributed by atoms with Crippen molar-refractivity contribution in [1.82, 2.24) is 15.5 Å². The van der Waals surface area contributed by atoms with Crippen LogP contribution < -0.4 is 5.32 Å². The van der Waals surface area contributed by atoms with Gasteiger partial charge in [0.05, 0.1) is 17.8 Å². The predicted molar refractivity (Wildman–Crippen MR) is 75.3 cm³/mol. The van der Waals surface area contributed by atoms with Crippen molar-refractivity contribution < 1.29 is 4.79 Å². The Bertz CT molecular complexity index is 580. The molecule has 5 heteroatoms. The van der Waals surface area contributed by atoms with Crippen LogP contribution in [0.4, 0.5) is 0 Å². The van der Waals surface area contributed by atoms with Gasteiger partial charge in [0.25, 0.3) is 5.91 Å². The van der Waals surface area contributed by atoms with Crippen molar-refractivity contribution in [2.75, 3.05) is 0 Å². The second kappa shape index (κ2) is 5.89. The molecule has 2 rings (SSSR count). The molecule has 4 nitrogen and oxygen atoms in total. The number of carbonyl (C=O) groups excluding carboxylic acids is 1. The number of rotatable bonds is 4. The van der Waals surface area contributed by atoms with Crippen molar-refractivity contribution in [1.29, 1.82) is 0 Å². The molecule has 1 heterocycles. The number of hydrogen-bond acceptors (Lipinski definition) is 2. The zero-order valence-corrected chi connectivity index (χ0v) is 11.7. The monoisotopic (exact) mass is 277 g/mol. The molecule has 0 aliphatic rings. The Labute approximate surface area is 117 Å². The number of carbonyl (C=O) groups is 1. The van der Waals surface area contributed by atoms with E-state index < -0.39 is 0 Å². The van der Waals surface area contributed by atoms with Crippen molar-refractivity contribution in [3.63, 3.8) is 0 Å². The van der Waals surface area contributed by atoms with Gasteiger partial charge in [-0.25, -0.2) is 0 Å². The van der Waals surface area contributed by atoms with Gasteiger partial charge in [0.1, 0.15) is 0 Å². The third kappa shape index (κ3) is 3.15. The lowest BCUT2D eigenvalue weighted by Crippen LogP contribution is -2.28. The van der Waals surface area contributed by atoms with Crippen LogP contribution in [-0.2, 0) is 0 Å². The van der Waals surface area contributed by atoms with Gasteiger partial charge < -0.3 is 5.32 Å². The van der Waals surface area contributed by atoms with E-state index in [2.05, 4.69) is 15.5 Å². The summed E-state index contributed by atoms with van der Waals surface area (Å²) in [6.07, 6.45) is 2.33.